The fraction of sp³-hybridized carbons (Fsp3) is 0.667. The maximum atomic E-state index is 6.13. The highest BCUT2D eigenvalue weighted by atomic mass is 16.3. The lowest BCUT2D eigenvalue weighted by molar-refractivity contribution is 0.313. The zero-order valence-electron chi connectivity index (χ0n) is 7.50. The summed E-state index contributed by atoms with van der Waals surface area (Å²) in [6.45, 7) is 4.22. The highest BCUT2D eigenvalue weighted by Gasteiger charge is 2.53. The molecule has 0 amide bonds. The molecule has 0 bridgehead atoms. The van der Waals surface area contributed by atoms with Gasteiger partial charge in [0.05, 0.1) is 6.20 Å². The third-order valence-electron chi connectivity index (χ3n) is 3.08. The molecule has 1 aliphatic carbocycles. The highest BCUT2D eigenvalue weighted by Crippen LogP contribution is 2.48. The molecule has 1 aliphatic rings. The van der Waals surface area contributed by atoms with Crippen LogP contribution in [0.2, 0.25) is 0 Å². The van der Waals surface area contributed by atoms with Gasteiger partial charge >= 0.3 is 0 Å². The van der Waals surface area contributed by atoms with Gasteiger partial charge in [0.2, 0.25) is 0 Å². The molecule has 3 heteroatoms. The van der Waals surface area contributed by atoms with Gasteiger partial charge < -0.3 is 10.2 Å². The SMILES string of the molecule is CC(C)(c1cnco1)C1(N)CC1. The Morgan fingerprint density at radius 1 is 1.58 bits per heavy atom. The van der Waals surface area contributed by atoms with Crippen molar-refractivity contribution < 1.29 is 4.42 Å². The Morgan fingerprint density at radius 3 is 2.67 bits per heavy atom. The van der Waals surface area contributed by atoms with Crippen molar-refractivity contribution in [3.8, 4) is 0 Å². The maximum absolute atomic E-state index is 6.13. The Morgan fingerprint density at radius 2 is 2.25 bits per heavy atom. The zero-order chi connectivity index (χ0) is 8.82. The topological polar surface area (TPSA) is 52.0 Å². The van der Waals surface area contributed by atoms with Crippen LogP contribution in [0.3, 0.4) is 0 Å². The minimum atomic E-state index is -0.0799. The summed E-state index contributed by atoms with van der Waals surface area (Å²) in [5.41, 5.74) is 5.98. The van der Waals surface area contributed by atoms with Gasteiger partial charge in [0.15, 0.2) is 6.39 Å². The Bertz CT molecular complexity index is 273. The van der Waals surface area contributed by atoms with Crippen molar-refractivity contribution in [3.05, 3.63) is 18.4 Å². The fourth-order valence-corrected chi connectivity index (χ4v) is 1.53. The normalized spacial score (nSPS) is 20.9. The van der Waals surface area contributed by atoms with E-state index in [0.29, 0.717) is 0 Å². The summed E-state index contributed by atoms with van der Waals surface area (Å²) in [7, 11) is 0. The second kappa shape index (κ2) is 2.10. The molecule has 0 aromatic carbocycles. The Kier molecular flexibility index (Phi) is 1.37. The van der Waals surface area contributed by atoms with Crippen molar-refractivity contribution in [2.75, 3.05) is 0 Å². The van der Waals surface area contributed by atoms with Crippen LogP contribution < -0.4 is 5.73 Å². The third-order valence-corrected chi connectivity index (χ3v) is 3.08. The van der Waals surface area contributed by atoms with E-state index in [1.54, 1.807) is 6.20 Å². The van der Waals surface area contributed by atoms with Crippen molar-refractivity contribution in [2.45, 2.75) is 37.6 Å². The van der Waals surface area contributed by atoms with E-state index >= 15 is 0 Å². The molecule has 0 aliphatic heterocycles. The van der Waals surface area contributed by atoms with Crippen molar-refractivity contribution >= 4 is 0 Å². The van der Waals surface area contributed by atoms with Gasteiger partial charge in [0, 0.05) is 11.0 Å². The van der Waals surface area contributed by atoms with Crippen LogP contribution in [-0.2, 0) is 5.41 Å². The lowest BCUT2D eigenvalue weighted by atomic mass is 9.80. The molecule has 0 spiro atoms. The largest absolute Gasteiger partial charge is 0.448 e. The zero-order valence-corrected chi connectivity index (χ0v) is 7.50. The predicted octanol–water partition coefficient (Wildman–Crippen LogP) is 1.44. The van der Waals surface area contributed by atoms with Gasteiger partial charge in [0.1, 0.15) is 5.76 Å². The van der Waals surface area contributed by atoms with Gasteiger partial charge in [-0.05, 0) is 12.8 Å². The van der Waals surface area contributed by atoms with E-state index in [-0.39, 0.29) is 11.0 Å². The van der Waals surface area contributed by atoms with Crippen LogP contribution in [0.5, 0.6) is 0 Å². The second-order valence-corrected chi connectivity index (χ2v) is 4.15. The molecule has 0 saturated heterocycles. The van der Waals surface area contributed by atoms with Crippen molar-refractivity contribution in [2.24, 2.45) is 5.73 Å². The molecule has 66 valence electrons. The fourth-order valence-electron chi connectivity index (χ4n) is 1.53. The van der Waals surface area contributed by atoms with E-state index < -0.39 is 0 Å². The van der Waals surface area contributed by atoms with Crippen LogP contribution in [0.1, 0.15) is 32.4 Å². The van der Waals surface area contributed by atoms with Gasteiger partial charge in [0.25, 0.3) is 0 Å². The molecule has 0 atom stereocenters. The van der Waals surface area contributed by atoms with Crippen molar-refractivity contribution in [1.29, 1.82) is 0 Å². The van der Waals surface area contributed by atoms with Crippen LogP contribution in [0.25, 0.3) is 0 Å². The van der Waals surface area contributed by atoms with E-state index in [1.165, 1.54) is 6.39 Å². The summed E-state index contributed by atoms with van der Waals surface area (Å²) >= 11 is 0. The van der Waals surface area contributed by atoms with Crippen LogP contribution in [0, 0.1) is 0 Å². The molecule has 1 saturated carbocycles. The Balaban J connectivity index is 2.33. The van der Waals surface area contributed by atoms with Crippen molar-refractivity contribution in [1.82, 2.24) is 4.98 Å². The number of nitrogens with two attached hydrogens (primary N) is 1. The lowest BCUT2D eigenvalue weighted by Crippen LogP contribution is -2.43. The number of hydrogen-bond donors (Lipinski definition) is 1. The minimum Gasteiger partial charge on any atom is -0.448 e. The van der Waals surface area contributed by atoms with Crippen LogP contribution in [0.15, 0.2) is 17.0 Å². The molecule has 1 aromatic rings. The van der Waals surface area contributed by atoms with Gasteiger partial charge in [-0.3, -0.25) is 0 Å². The second-order valence-electron chi connectivity index (χ2n) is 4.15. The highest BCUT2D eigenvalue weighted by molar-refractivity contribution is 5.23. The minimum absolute atomic E-state index is 0.0630. The summed E-state index contributed by atoms with van der Waals surface area (Å²) < 4.78 is 5.27. The first-order valence-corrected chi connectivity index (χ1v) is 4.24. The van der Waals surface area contributed by atoms with E-state index in [1.807, 2.05) is 0 Å². The Hall–Kier alpha value is -0.830. The summed E-state index contributed by atoms with van der Waals surface area (Å²) in [6.07, 6.45) is 5.39. The van der Waals surface area contributed by atoms with E-state index in [0.717, 1.165) is 18.6 Å². The van der Waals surface area contributed by atoms with Gasteiger partial charge in [-0.1, -0.05) is 13.8 Å². The van der Waals surface area contributed by atoms with E-state index in [4.69, 9.17) is 10.2 Å². The molecule has 12 heavy (non-hydrogen) atoms. The van der Waals surface area contributed by atoms with Crippen molar-refractivity contribution in [3.63, 3.8) is 0 Å². The van der Waals surface area contributed by atoms with Crippen LogP contribution >= 0.6 is 0 Å². The predicted molar refractivity (Wildman–Crippen MR) is 45.7 cm³/mol. The van der Waals surface area contributed by atoms with E-state index in [9.17, 15) is 0 Å². The average Bonchev–Trinajstić information content (AvgIpc) is 2.59. The number of oxazole rings is 1. The first-order chi connectivity index (χ1) is 5.56. The monoisotopic (exact) mass is 166 g/mol. The molecular formula is C9H14N2O. The molecule has 3 nitrogen and oxygen atoms in total. The van der Waals surface area contributed by atoms with Crippen LogP contribution in [0.4, 0.5) is 0 Å². The molecular weight excluding hydrogens is 152 g/mol. The molecule has 2 rings (SSSR count). The van der Waals surface area contributed by atoms with Gasteiger partial charge in [-0.15, -0.1) is 0 Å². The molecule has 0 unspecified atom stereocenters. The lowest BCUT2D eigenvalue weighted by Gasteiger charge is -2.28. The molecule has 1 heterocycles. The number of hydrogen-bond acceptors (Lipinski definition) is 3. The van der Waals surface area contributed by atoms with E-state index in [2.05, 4.69) is 18.8 Å². The smallest absolute Gasteiger partial charge is 0.180 e. The summed E-state index contributed by atoms with van der Waals surface area (Å²) in [5.74, 6) is 0.891. The Labute approximate surface area is 72.0 Å². The van der Waals surface area contributed by atoms with Gasteiger partial charge in [-0.25, -0.2) is 4.98 Å². The first kappa shape index (κ1) is 7.80. The molecule has 1 fully saturated rings. The molecule has 1 aromatic heterocycles. The summed E-state index contributed by atoms with van der Waals surface area (Å²) in [4.78, 5) is 3.91. The quantitative estimate of drug-likeness (QED) is 0.723. The number of rotatable bonds is 2. The number of nitrogens with zero attached hydrogens (tertiary/aromatic N) is 1. The molecule has 2 N–H and O–H groups in total. The maximum Gasteiger partial charge on any atom is 0.180 e. The summed E-state index contributed by atoms with van der Waals surface area (Å²) in [6, 6.07) is 0. The first-order valence-electron chi connectivity index (χ1n) is 4.24. The number of aromatic nitrogens is 1. The average molecular weight is 166 g/mol. The molecule has 0 radical (unpaired) electrons. The third kappa shape index (κ3) is 0.894. The van der Waals surface area contributed by atoms with Gasteiger partial charge in [-0.2, -0.15) is 0 Å². The summed E-state index contributed by atoms with van der Waals surface area (Å²) in [5, 5.41) is 0. The standard InChI is InChI=1S/C9H14N2O/c1-8(2,9(10)3-4-9)7-5-11-6-12-7/h5-6H,3-4,10H2,1-2H3. The van der Waals surface area contributed by atoms with Crippen LogP contribution in [-0.4, -0.2) is 10.5 Å².